The molecule has 1 aliphatic heterocycles. The summed E-state index contributed by atoms with van der Waals surface area (Å²) in [5.74, 6) is 0.141. The summed E-state index contributed by atoms with van der Waals surface area (Å²) in [5.41, 5.74) is 2.59. The molecule has 1 aliphatic carbocycles. The predicted octanol–water partition coefficient (Wildman–Crippen LogP) is 4.95. The zero-order valence-corrected chi connectivity index (χ0v) is 21.1. The first-order valence-corrected chi connectivity index (χ1v) is 13.2. The highest BCUT2D eigenvalue weighted by Crippen LogP contribution is 2.27. The second-order valence-electron chi connectivity index (χ2n) is 8.18. The minimum atomic E-state index is -0.390. The van der Waals surface area contributed by atoms with Crippen LogP contribution in [0.25, 0.3) is 11.0 Å². The maximum Gasteiger partial charge on any atom is 0.290 e. The number of amides is 2. The van der Waals surface area contributed by atoms with Crippen LogP contribution in [0, 0.1) is 0 Å². The molecule has 2 amide bonds. The first-order chi connectivity index (χ1) is 17.0. The van der Waals surface area contributed by atoms with Crippen LogP contribution in [0.4, 0.5) is 10.7 Å². The summed E-state index contributed by atoms with van der Waals surface area (Å²) in [5, 5.41) is 10.8. The Bertz CT molecular complexity index is 1160. The van der Waals surface area contributed by atoms with E-state index in [0.29, 0.717) is 22.6 Å². The molecular formula is C25H28N6O2S2. The Labute approximate surface area is 213 Å². The fourth-order valence-corrected chi connectivity index (χ4v) is 5.25. The molecule has 0 unspecified atom stereocenters. The third-order valence-electron chi connectivity index (χ3n) is 5.76. The van der Waals surface area contributed by atoms with E-state index >= 15 is 0 Å². The molecule has 2 aromatic rings. The summed E-state index contributed by atoms with van der Waals surface area (Å²) in [6.45, 7) is 6.55. The quantitative estimate of drug-likeness (QED) is 0.406. The van der Waals surface area contributed by atoms with Crippen LogP contribution in [0.5, 0.6) is 0 Å². The Balaban J connectivity index is 1.26. The van der Waals surface area contributed by atoms with Crippen molar-refractivity contribution >= 4 is 51.6 Å². The molecule has 0 bridgehead atoms. The predicted molar refractivity (Wildman–Crippen MR) is 143 cm³/mol. The van der Waals surface area contributed by atoms with Gasteiger partial charge >= 0.3 is 0 Å². The van der Waals surface area contributed by atoms with E-state index in [0.717, 1.165) is 60.3 Å². The molecule has 3 heterocycles. The van der Waals surface area contributed by atoms with Gasteiger partial charge in [0.2, 0.25) is 5.95 Å². The minimum absolute atomic E-state index is 0.288. The third-order valence-corrected chi connectivity index (χ3v) is 7.44. The first kappa shape index (κ1) is 25.2. The van der Waals surface area contributed by atoms with E-state index in [-0.39, 0.29) is 11.3 Å². The zero-order chi connectivity index (χ0) is 24.6. The molecule has 1 saturated heterocycles. The molecule has 4 rings (SSSR count). The van der Waals surface area contributed by atoms with Gasteiger partial charge in [0.05, 0.1) is 22.0 Å². The monoisotopic (exact) mass is 508 g/mol. The molecule has 2 aromatic heterocycles. The van der Waals surface area contributed by atoms with E-state index in [4.69, 9.17) is 4.98 Å². The Morgan fingerprint density at radius 2 is 2.00 bits per heavy atom. The van der Waals surface area contributed by atoms with Crippen molar-refractivity contribution in [2.24, 2.45) is 0 Å². The summed E-state index contributed by atoms with van der Waals surface area (Å²) in [4.78, 5) is 38.1. The number of carbonyl (C=O) groups excluding carboxylic acids is 2. The van der Waals surface area contributed by atoms with Crippen LogP contribution < -0.4 is 16.0 Å². The normalized spacial score (nSPS) is 21.7. The van der Waals surface area contributed by atoms with Crippen molar-refractivity contribution in [3.05, 3.63) is 70.5 Å². The number of imide groups is 1. The van der Waals surface area contributed by atoms with Gasteiger partial charge in [-0.1, -0.05) is 30.5 Å². The molecule has 8 nitrogen and oxygen atoms in total. The number of nitrogens with zero attached hydrogens (tertiary/aromatic N) is 3. The largest absolute Gasteiger partial charge is 0.351 e. The van der Waals surface area contributed by atoms with Gasteiger partial charge in [-0.05, 0) is 74.1 Å². The van der Waals surface area contributed by atoms with Gasteiger partial charge in [0.15, 0.2) is 0 Å². The highest BCUT2D eigenvalue weighted by atomic mass is 32.2. The molecule has 0 spiro atoms. The van der Waals surface area contributed by atoms with E-state index in [1.165, 1.54) is 0 Å². The lowest BCUT2D eigenvalue weighted by atomic mass is 9.91. The summed E-state index contributed by atoms with van der Waals surface area (Å²) in [6, 6.07) is 8.58. The highest BCUT2D eigenvalue weighted by molar-refractivity contribution is 8.18. The SMILES string of the molecule is C=CS/C(=C\C)c1cccc(CN[C@H]2CC[C@@H](Nc3nccc(/C=C4\SC(=O)NC4=O)n3)CC2)n1. The number of rotatable bonds is 9. The zero-order valence-electron chi connectivity index (χ0n) is 19.5. The average Bonchev–Trinajstić information content (AvgIpc) is 3.18. The molecule has 0 atom stereocenters. The minimum Gasteiger partial charge on any atom is -0.351 e. The summed E-state index contributed by atoms with van der Waals surface area (Å²) < 4.78 is 0. The molecule has 3 N–H and O–H groups in total. The Hall–Kier alpha value is -2.95. The number of hydrogen-bond acceptors (Lipinski definition) is 9. The Morgan fingerprint density at radius 1 is 1.20 bits per heavy atom. The van der Waals surface area contributed by atoms with Gasteiger partial charge in [-0.15, -0.1) is 0 Å². The van der Waals surface area contributed by atoms with Crippen LogP contribution >= 0.6 is 23.5 Å². The van der Waals surface area contributed by atoms with Crippen LogP contribution in [0.15, 0.2) is 53.4 Å². The van der Waals surface area contributed by atoms with Gasteiger partial charge < -0.3 is 10.6 Å². The van der Waals surface area contributed by atoms with Crippen LogP contribution in [0.3, 0.4) is 0 Å². The number of allylic oxidation sites excluding steroid dienone is 1. The molecular weight excluding hydrogens is 480 g/mol. The number of pyridine rings is 1. The summed E-state index contributed by atoms with van der Waals surface area (Å²) in [7, 11) is 0. The maximum absolute atomic E-state index is 11.8. The van der Waals surface area contributed by atoms with E-state index in [2.05, 4.69) is 44.6 Å². The number of anilines is 1. The second kappa shape index (κ2) is 12.1. The van der Waals surface area contributed by atoms with Crippen molar-refractivity contribution in [2.45, 2.75) is 51.2 Å². The number of nitrogens with one attached hydrogen (secondary N) is 3. The van der Waals surface area contributed by atoms with E-state index < -0.39 is 5.91 Å². The third kappa shape index (κ3) is 7.03. The molecule has 182 valence electrons. The average molecular weight is 509 g/mol. The van der Waals surface area contributed by atoms with Crippen LogP contribution in [-0.2, 0) is 11.3 Å². The Kier molecular flexibility index (Phi) is 8.73. The standard InChI is InChI=1S/C25H28N6O2S2/c1-3-21(34-4-2)20-7-5-6-19(28-20)15-27-16-8-10-17(11-9-16)29-24-26-13-12-18(30-24)14-22-23(32)31-25(33)35-22/h3-7,12-14,16-17,27H,2,8-11,15H2,1H3,(H,26,29,30)(H,31,32,33)/b21-3-,22-14-/t16-,17+. The second-order valence-corrected chi connectivity index (χ2v) is 10.2. The van der Waals surface area contributed by atoms with Crippen LogP contribution in [0.1, 0.15) is 49.7 Å². The molecule has 35 heavy (non-hydrogen) atoms. The van der Waals surface area contributed by atoms with Gasteiger partial charge in [0.25, 0.3) is 11.1 Å². The van der Waals surface area contributed by atoms with Gasteiger partial charge in [-0.3, -0.25) is 19.9 Å². The summed E-state index contributed by atoms with van der Waals surface area (Å²) in [6.07, 6.45) is 9.43. The van der Waals surface area contributed by atoms with Crippen molar-refractivity contribution in [3.8, 4) is 0 Å². The van der Waals surface area contributed by atoms with Gasteiger partial charge in [-0.2, -0.15) is 0 Å². The van der Waals surface area contributed by atoms with Crippen molar-refractivity contribution in [1.29, 1.82) is 0 Å². The molecule has 0 radical (unpaired) electrons. The fourth-order valence-electron chi connectivity index (χ4n) is 4.03. The molecule has 2 aliphatic rings. The Morgan fingerprint density at radius 3 is 2.71 bits per heavy atom. The van der Waals surface area contributed by atoms with E-state index in [9.17, 15) is 9.59 Å². The van der Waals surface area contributed by atoms with E-state index in [1.54, 1.807) is 30.1 Å². The highest BCUT2D eigenvalue weighted by Gasteiger charge is 2.25. The van der Waals surface area contributed by atoms with Crippen molar-refractivity contribution in [1.82, 2.24) is 25.6 Å². The van der Waals surface area contributed by atoms with Gasteiger partial charge in [0.1, 0.15) is 0 Å². The lowest BCUT2D eigenvalue weighted by Crippen LogP contribution is -2.37. The maximum atomic E-state index is 11.8. The number of hydrogen-bond donors (Lipinski definition) is 3. The van der Waals surface area contributed by atoms with Crippen LogP contribution in [-0.4, -0.2) is 38.2 Å². The smallest absolute Gasteiger partial charge is 0.290 e. The topological polar surface area (TPSA) is 109 Å². The lowest BCUT2D eigenvalue weighted by molar-refractivity contribution is -0.115. The lowest BCUT2D eigenvalue weighted by Gasteiger charge is -2.29. The van der Waals surface area contributed by atoms with Crippen molar-refractivity contribution < 1.29 is 9.59 Å². The summed E-state index contributed by atoms with van der Waals surface area (Å²) >= 11 is 2.46. The number of thioether (sulfide) groups is 2. The van der Waals surface area contributed by atoms with Crippen LogP contribution in [0.2, 0.25) is 0 Å². The molecule has 1 saturated carbocycles. The number of aromatic nitrogens is 3. The molecule has 0 aromatic carbocycles. The van der Waals surface area contributed by atoms with E-state index in [1.807, 2.05) is 24.5 Å². The van der Waals surface area contributed by atoms with Crippen molar-refractivity contribution in [2.75, 3.05) is 5.32 Å². The van der Waals surface area contributed by atoms with Gasteiger partial charge in [0, 0.05) is 29.7 Å². The molecule has 10 heteroatoms. The first-order valence-electron chi connectivity index (χ1n) is 11.5. The van der Waals surface area contributed by atoms with Crippen molar-refractivity contribution in [3.63, 3.8) is 0 Å². The van der Waals surface area contributed by atoms with Gasteiger partial charge in [-0.25, -0.2) is 9.97 Å². The molecule has 2 fully saturated rings. The number of carbonyl (C=O) groups is 2. The fraction of sp³-hybridized carbons (Fsp3) is 0.320.